The molecule has 0 saturated heterocycles. The number of nitrogens with two attached hydrogens (primary N) is 1. The van der Waals surface area contributed by atoms with Gasteiger partial charge in [-0.2, -0.15) is 0 Å². The average Bonchev–Trinajstić information content (AvgIpc) is 2.80. The summed E-state index contributed by atoms with van der Waals surface area (Å²) in [6.07, 6.45) is 4.49. The number of aryl methyl sites for hydroxylation is 1. The largest absolute Gasteiger partial charge is 0.465 e. The Kier molecular flexibility index (Phi) is 3.38. The van der Waals surface area contributed by atoms with Crippen LogP contribution in [0.25, 0.3) is 10.2 Å². The predicted molar refractivity (Wildman–Crippen MR) is 81.2 cm³/mol. The van der Waals surface area contributed by atoms with E-state index in [-0.39, 0.29) is 5.97 Å². The Morgan fingerprint density at radius 3 is 3.10 bits per heavy atom. The van der Waals surface area contributed by atoms with Crippen LogP contribution in [0.15, 0.2) is 6.07 Å². The fourth-order valence-electron chi connectivity index (χ4n) is 2.86. The van der Waals surface area contributed by atoms with E-state index < -0.39 is 0 Å². The number of hydrogen-bond donors (Lipinski definition) is 1. The van der Waals surface area contributed by atoms with Gasteiger partial charge in [-0.3, -0.25) is 0 Å². The molecule has 2 heterocycles. The maximum Gasteiger partial charge on any atom is 0.350 e. The molecule has 0 spiro atoms. The second kappa shape index (κ2) is 5.05. The SMILES string of the molecule is CC[C@H]1CCc2nc3sc(C(=O)OC)c(N)c3cc2C1. The minimum atomic E-state index is -0.380. The standard InChI is InChI=1S/C15H18N2O2S/c1-3-8-4-5-11-9(6-8)7-10-12(16)13(15(18)19-2)20-14(10)17-11/h7-8H,3-6,16H2,1-2H3/t8-/m0/s1. The monoisotopic (exact) mass is 290 g/mol. The van der Waals surface area contributed by atoms with Crippen LogP contribution in [0.4, 0.5) is 5.69 Å². The summed E-state index contributed by atoms with van der Waals surface area (Å²) in [5, 5.41) is 0.894. The van der Waals surface area contributed by atoms with E-state index >= 15 is 0 Å². The van der Waals surface area contributed by atoms with Gasteiger partial charge in [0.2, 0.25) is 0 Å². The van der Waals surface area contributed by atoms with Gasteiger partial charge in [0.25, 0.3) is 0 Å². The molecule has 0 amide bonds. The van der Waals surface area contributed by atoms with Crippen molar-refractivity contribution in [2.75, 3.05) is 12.8 Å². The van der Waals surface area contributed by atoms with Crippen molar-refractivity contribution >= 4 is 33.2 Å². The first kappa shape index (κ1) is 13.4. The van der Waals surface area contributed by atoms with Crippen LogP contribution in [0.2, 0.25) is 0 Å². The quantitative estimate of drug-likeness (QED) is 0.863. The molecule has 1 aliphatic rings. The molecule has 1 atom stereocenters. The third-order valence-corrected chi connectivity index (χ3v) is 5.23. The number of pyridine rings is 1. The summed E-state index contributed by atoms with van der Waals surface area (Å²) in [4.78, 5) is 17.7. The van der Waals surface area contributed by atoms with Crippen LogP contribution in [0.3, 0.4) is 0 Å². The molecule has 106 valence electrons. The summed E-state index contributed by atoms with van der Waals surface area (Å²) in [6, 6.07) is 2.12. The van der Waals surface area contributed by atoms with Crippen LogP contribution in [-0.2, 0) is 17.6 Å². The van der Waals surface area contributed by atoms with Gasteiger partial charge in [-0.1, -0.05) is 13.3 Å². The summed E-state index contributed by atoms with van der Waals surface area (Å²) in [6.45, 7) is 2.23. The number of nitrogen functional groups attached to an aromatic ring is 1. The highest BCUT2D eigenvalue weighted by Crippen LogP contribution is 2.36. The lowest BCUT2D eigenvalue weighted by molar-refractivity contribution is 0.0607. The smallest absolute Gasteiger partial charge is 0.350 e. The zero-order valence-corrected chi connectivity index (χ0v) is 12.5. The van der Waals surface area contributed by atoms with Gasteiger partial charge in [-0.25, -0.2) is 9.78 Å². The lowest BCUT2D eigenvalue weighted by Crippen LogP contribution is -2.14. The third-order valence-electron chi connectivity index (χ3n) is 4.14. The Balaban J connectivity index is 2.11. The topological polar surface area (TPSA) is 65.2 Å². The Morgan fingerprint density at radius 1 is 1.60 bits per heavy atom. The molecular formula is C15H18N2O2S. The van der Waals surface area contributed by atoms with Gasteiger partial charge in [0.15, 0.2) is 0 Å². The summed E-state index contributed by atoms with van der Waals surface area (Å²) in [5.74, 6) is 0.358. The molecule has 20 heavy (non-hydrogen) atoms. The molecule has 3 rings (SSSR count). The minimum Gasteiger partial charge on any atom is -0.465 e. The van der Waals surface area contributed by atoms with Crippen molar-refractivity contribution in [3.8, 4) is 0 Å². The van der Waals surface area contributed by atoms with E-state index in [4.69, 9.17) is 15.5 Å². The Labute approximate surface area is 122 Å². The lowest BCUT2D eigenvalue weighted by Gasteiger charge is -2.22. The minimum absolute atomic E-state index is 0.380. The number of methoxy groups -OCH3 is 1. The first-order valence-electron chi connectivity index (χ1n) is 6.93. The number of aromatic nitrogens is 1. The van der Waals surface area contributed by atoms with E-state index in [2.05, 4.69) is 13.0 Å². The van der Waals surface area contributed by atoms with E-state index in [0.717, 1.165) is 29.0 Å². The Hall–Kier alpha value is -1.62. The van der Waals surface area contributed by atoms with E-state index in [1.165, 1.54) is 42.5 Å². The maximum absolute atomic E-state index is 11.7. The third kappa shape index (κ3) is 2.06. The van der Waals surface area contributed by atoms with E-state index in [9.17, 15) is 4.79 Å². The van der Waals surface area contributed by atoms with Gasteiger partial charge in [-0.05, 0) is 36.8 Å². The van der Waals surface area contributed by atoms with Crippen LogP contribution in [0.1, 0.15) is 40.7 Å². The molecule has 0 aromatic carbocycles. The highest BCUT2D eigenvalue weighted by atomic mass is 32.1. The van der Waals surface area contributed by atoms with Crippen LogP contribution in [-0.4, -0.2) is 18.1 Å². The number of hydrogen-bond acceptors (Lipinski definition) is 5. The number of ether oxygens (including phenoxy) is 1. The number of fused-ring (bicyclic) bond motifs is 2. The van der Waals surface area contributed by atoms with Crippen molar-refractivity contribution in [3.63, 3.8) is 0 Å². The van der Waals surface area contributed by atoms with Gasteiger partial charge >= 0.3 is 5.97 Å². The van der Waals surface area contributed by atoms with Gasteiger partial charge in [0.1, 0.15) is 9.71 Å². The number of esters is 1. The molecule has 0 unspecified atom stereocenters. The highest BCUT2D eigenvalue weighted by molar-refractivity contribution is 7.21. The number of carbonyl (C=O) groups is 1. The fourth-order valence-corrected chi connectivity index (χ4v) is 3.87. The van der Waals surface area contributed by atoms with Crippen molar-refractivity contribution in [2.24, 2.45) is 5.92 Å². The summed E-state index contributed by atoms with van der Waals surface area (Å²) >= 11 is 1.33. The van der Waals surface area contributed by atoms with Crippen molar-refractivity contribution in [3.05, 3.63) is 22.2 Å². The molecule has 1 aliphatic carbocycles. The molecule has 2 aromatic heterocycles. The summed E-state index contributed by atoms with van der Waals surface area (Å²) in [7, 11) is 1.37. The molecule has 4 nitrogen and oxygen atoms in total. The van der Waals surface area contributed by atoms with Gasteiger partial charge in [0, 0.05) is 11.1 Å². The first-order valence-corrected chi connectivity index (χ1v) is 7.74. The molecule has 2 N–H and O–H groups in total. The number of thiophene rings is 1. The number of anilines is 1. The first-order chi connectivity index (χ1) is 9.63. The molecule has 0 saturated carbocycles. The summed E-state index contributed by atoms with van der Waals surface area (Å²) < 4.78 is 4.77. The molecule has 5 heteroatoms. The second-order valence-corrected chi connectivity index (χ2v) is 6.30. The van der Waals surface area contributed by atoms with Gasteiger partial charge in [-0.15, -0.1) is 11.3 Å². The van der Waals surface area contributed by atoms with Crippen LogP contribution in [0, 0.1) is 5.92 Å². The number of rotatable bonds is 2. The maximum atomic E-state index is 11.7. The Morgan fingerprint density at radius 2 is 2.40 bits per heavy atom. The number of carbonyl (C=O) groups excluding carboxylic acids is 1. The molecule has 0 bridgehead atoms. The number of nitrogens with zero attached hydrogens (tertiary/aromatic N) is 1. The molecule has 0 fully saturated rings. The van der Waals surface area contributed by atoms with Crippen molar-refractivity contribution < 1.29 is 9.53 Å². The van der Waals surface area contributed by atoms with Crippen LogP contribution >= 0.6 is 11.3 Å². The normalized spacial score (nSPS) is 18.0. The molecule has 2 aromatic rings. The molecular weight excluding hydrogens is 272 g/mol. The van der Waals surface area contributed by atoms with E-state index in [1.807, 2.05) is 0 Å². The van der Waals surface area contributed by atoms with Gasteiger partial charge < -0.3 is 10.5 Å². The zero-order chi connectivity index (χ0) is 14.3. The second-order valence-electron chi connectivity index (χ2n) is 5.30. The van der Waals surface area contributed by atoms with Crippen LogP contribution in [0.5, 0.6) is 0 Å². The Bertz CT molecular complexity index is 678. The van der Waals surface area contributed by atoms with E-state index in [0.29, 0.717) is 10.6 Å². The van der Waals surface area contributed by atoms with Crippen LogP contribution < -0.4 is 5.73 Å². The molecule has 0 aliphatic heterocycles. The average molecular weight is 290 g/mol. The van der Waals surface area contributed by atoms with Crippen molar-refractivity contribution in [1.29, 1.82) is 0 Å². The van der Waals surface area contributed by atoms with Crippen molar-refractivity contribution in [2.45, 2.75) is 32.6 Å². The fraction of sp³-hybridized carbons (Fsp3) is 0.467. The summed E-state index contributed by atoms with van der Waals surface area (Å²) in [5.41, 5.74) is 9.05. The lowest BCUT2D eigenvalue weighted by atomic mass is 9.85. The van der Waals surface area contributed by atoms with E-state index in [1.54, 1.807) is 0 Å². The van der Waals surface area contributed by atoms with Crippen molar-refractivity contribution in [1.82, 2.24) is 4.98 Å². The van der Waals surface area contributed by atoms with Gasteiger partial charge in [0.05, 0.1) is 12.8 Å². The highest BCUT2D eigenvalue weighted by Gasteiger charge is 2.23. The predicted octanol–water partition coefficient (Wildman–Crippen LogP) is 3.18. The molecule has 0 radical (unpaired) electrons. The zero-order valence-electron chi connectivity index (χ0n) is 11.7.